The van der Waals surface area contributed by atoms with Crippen molar-refractivity contribution in [2.24, 2.45) is 9.98 Å². The van der Waals surface area contributed by atoms with E-state index in [2.05, 4.69) is 76.2 Å². The van der Waals surface area contributed by atoms with Gasteiger partial charge in [-0.15, -0.1) is 11.5 Å². The smallest absolute Gasteiger partial charge is 0.873 e. The maximum Gasteiger partial charge on any atom is 2.00 e. The normalized spacial score (nSPS) is 11.5. The molecule has 0 atom stereocenters. The van der Waals surface area contributed by atoms with E-state index < -0.39 is 0 Å². The molecular formula is C57H90N2NiO2. The quantitative estimate of drug-likeness (QED) is 0.0335. The Balaban J connectivity index is 0.00000101. The van der Waals surface area contributed by atoms with Gasteiger partial charge in [-0.25, -0.2) is 0 Å². The van der Waals surface area contributed by atoms with Gasteiger partial charge in [-0.2, -0.15) is 0 Å². The van der Waals surface area contributed by atoms with Crippen molar-refractivity contribution < 1.29 is 26.7 Å². The van der Waals surface area contributed by atoms with E-state index in [1.165, 1.54) is 178 Å². The fourth-order valence-electron chi connectivity index (χ4n) is 7.97. The second-order valence-corrected chi connectivity index (χ2v) is 17.8. The summed E-state index contributed by atoms with van der Waals surface area (Å²) >= 11 is 0. The van der Waals surface area contributed by atoms with Crippen LogP contribution in [-0.4, -0.2) is 11.9 Å². The zero-order chi connectivity index (χ0) is 44.0. The maximum atomic E-state index is 11.5. The molecule has 0 radical (unpaired) electrons. The molecule has 62 heavy (non-hydrogen) atoms. The van der Waals surface area contributed by atoms with Crippen LogP contribution in [0.5, 0.6) is 11.5 Å². The zero-order valence-electron chi connectivity index (χ0n) is 40.5. The van der Waals surface area contributed by atoms with Crippen molar-refractivity contribution in [2.45, 2.75) is 240 Å². The summed E-state index contributed by atoms with van der Waals surface area (Å²) in [4.78, 5) is 9.80. The van der Waals surface area contributed by atoms with E-state index in [1.807, 2.05) is 19.2 Å². The van der Waals surface area contributed by atoms with Gasteiger partial charge in [0.2, 0.25) is 0 Å². The summed E-state index contributed by atoms with van der Waals surface area (Å²) < 4.78 is 0. The van der Waals surface area contributed by atoms with Crippen LogP contribution in [0.15, 0.2) is 70.6 Å². The second-order valence-electron chi connectivity index (χ2n) is 17.8. The van der Waals surface area contributed by atoms with Crippen LogP contribution in [0.2, 0.25) is 0 Å². The number of unbranched alkanes of at least 4 members (excludes halogenated alkanes) is 23. The topological polar surface area (TPSA) is 70.8 Å². The molecule has 0 aliphatic heterocycles. The van der Waals surface area contributed by atoms with Gasteiger partial charge < -0.3 is 10.2 Å². The number of nitrogens with zero attached hydrogens (tertiary/aromatic N) is 2. The first-order valence-corrected chi connectivity index (χ1v) is 25.7. The summed E-state index contributed by atoms with van der Waals surface area (Å²) in [6.07, 6.45) is 43.2. The Morgan fingerprint density at radius 1 is 0.435 bits per heavy atom. The van der Waals surface area contributed by atoms with E-state index in [-0.39, 0.29) is 28.0 Å². The SMILES string of the molecule is CCCCCCCCCCCCCc1ccc(N=CC(CCCC)=Nc2ccc(CCCCCCCCCCCCC)cc2)cc1.CCCCCc1cc(CC)cc([O-])c1[O-].[Ni+2]. The monoisotopic (exact) mass is 893 g/mol. The van der Waals surface area contributed by atoms with Gasteiger partial charge in [0, 0.05) is 6.21 Å². The molecule has 0 aromatic heterocycles. The second kappa shape index (κ2) is 39.7. The van der Waals surface area contributed by atoms with Gasteiger partial charge in [-0.1, -0.05) is 224 Å². The van der Waals surface area contributed by atoms with Gasteiger partial charge in [0.15, 0.2) is 0 Å². The third-order valence-corrected chi connectivity index (χ3v) is 12.1. The van der Waals surface area contributed by atoms with E-state index in [9.17, 15) is 10.2 Å². The first-order valence-electron chi connectivity index (χ1n) is 25.7. The first kappa shape index (κ1) is 57.1. The Labute approximate surface area is 392 Å². The standard InChI is InChI=1S/C44H72N2.C13H20O2.Ni/c1-4-7-10-12-14-16-18-20-22-24-26-28-40-31-35-42(36-32-40)45-39-44(30-9-6-3)46-43-37-33-41(34-38-43)29-27-25-23-21-19-17-15-13-11-8-5-2;1-3-5-6-7-11-8-10(4-2)9-12(14)13(11)15;/h31-39H,4-30H2,1-3H3;8-9,14-15H,3-7H2,1-2H3;/q;;+2/p-2. The van der Waals surface area contributed by atoms with Crippen molar-refractivity contribution >= 4 is 23.3 Å². The van der Waals surface area contributed by atoms with E-state index in [0.717, 1.165) is 67.6 Å². The summed E-state index contributed by atoms with van der Waals surface area (Å²) in [5.74, 6) is -0.649. The molecule has 0 aliphatic carbocycles. The molecule has 0 heterocycles. The number of rotatable bonds is 35. The summed E-state index contributed by atoms with van der Waals surface area (Å²) in [6.45, 7) is 11.0. The number of benzene rings is 3. The Morgan fingerprint density at radius 3 is 1.26 bits per heavy atom. The average Bonchev–Trinajstić information content (AvgIpc) is 3.28. The van der Waals surface area contributed by atoms with Crippen molar-refractivity contribution in [3.8, 4) is 11.5 Å². The Morgan fingerprint density at radius 2 is 0.823 bits per heavy atom. The van der Waals surface area contributed by atoms with Crippen molar-refractivity contribution in [3.05, 3.63) is 82.9 Å². The van der Waals surface area contributed by atoms with E-state index in [1.54, 1.807) is 0 Å². The van der Waals surface area contributed by atoms with Gasteiger partial charge in [-0.05, 0) is 98.7 Å². The molecule has 0 bridgehead atoms. The van der Waals surface area contributed by atoms with Crippen LogP contribution in [0, 0.1) is 0 Å². The van der Waals surface area contributed by atoms with Crippen LogP contribution in [0.1, 0.15) is 237 Å². The van der Waals surface area contributed by atoms with Crippen molar-refractivity contribution in [1.82, 2.24) is 0 Å². The first-order chi connectivity index (χ1) is 29.9. The minimum atomic E-state index is -0.346. The Kier molecular flexibility index (Phi) is 36.5. The van der Waals surface area contributed by atoms with Crippen molar-refractivity contribution in [1.29, 1.82) is 0 Å². The average molecular weight is 894 g/mol. The van der Waals surface area contributed by atoms with Gasteiger partial charge in [0.05, 0.1) is 17.1 Å². The number of aliphatic imine (C=N–C) groups is 2. The predicted octanol–water partition coefficient (Wildman–Crippen LogP) is 17.2. The minimum Gasteiger partial charge on any atom is -0.873 e. The van der Waals surface area contributed by atoms with Crippen LogP contribution in [0.25, 0.3) is 0 Å². The third kappa shape index (κ3) is 28.7. The van der Waals surface area contributed by atoms with Gasteiger partial charge in [0.25, 0.3) is 0 Å². The van der Waals surface area contributed by atoms with Gasteiger partial charge in [-0.3, -0.25) is 9.98 Å². The molecule has 3 rings (SSSR count). The predicted molar refractivity (Wildman–Crippen MR) is 266 cm³/mol. The molecule has 3 aromatic carbocycles. The Hall–Kier alpha value is -2.91. The summed E-state index contributed by atoms with van der Waals surface area (Å²) in [6, 6.07) is 21.2. The van der Waals surface area contributed by atoms with Crippen LogP contribution < -0.4 is 10.2 Å². The molecule has 0 spiro atoms. The maximum absolute atomic E-state index is 11.5. The summed E-state index contributed by atoms with van der Waals surface area (Å²) in [5.41, 5.74) is 7.69. The molecule has 0 saturated heterocycles. The van der Waals surface area contributed by atoms with Crippen LogP contribution in [0.4, 0.5) is 11.4 Å². The molecule has 0 amide bonds. The van der Waals surface area contributed by atoms with Gasteiger partial charge >= 0.3 is 16.5 Å². The molecule has 0 unspecified atom stereocenters. The van der Waals surface area contributed by atoms with E-state index in [0.29, 0.717) is 5.56 Å². The van der Waals surface area contributed by atoms with E-state index >= 15 is 0 Å². The molecule has 0 saturated carbocycles. The van der Waals surface area contributed by atoms with Crippen LogP contribution in [0.3, 0.4) is 0 Å². The molecule has 3 aromatic rings. The van der Waals surface area contributed by atoms with Crippen LogP contribution >= 0.6 is 0 Å². The fraction of sp³-hybridized carbons (Fsp3) is 0.649. The zero-order valence-corrected chi connectivity index (χ0v) is 41.5. The third-order valence-electron chi connectivity index (χ3n) is 12.1. The molecule has 0 fully saturated rings. The fourth-order valence-corrected chi connectivity index (χ4v) is 7.97. The summed E-state index contributed by atoms with van der Waals surface area (Å²) in [7, 11) is 0. The molecule has 0 N–H and O–H groups in total. The molecule has 5 heteroatoms. The number of aryl methyl sites for hydroxylation is 4. The van der Waals surface area contributed by atoms with Crippen molar-refractivity contribution in [2.75, 3.05) is 0 Å². The van der Waals surface area contributed by atoms with E-state index in [4.69, 9.17) is 9.98 Å². The number of hydrogen-bond donors (Lipinski definition) is 0. The Bertz CT molecular complexity index is 1530. The van der Waals surface area contributed by atoms with Gasteiger partial charge in [0.1, 0.15) is 0 Å². The largest absolute Gasteiger partial charge is 2.00 e. The van der Waals surface area contributed by atoms with Crippen molar-refractivity contribution in [3.63, 3.8) is 0 Å². The molecule has 4 nitrogen and oxygen atoms in total. The minimum absolute atomic E-state index is 0. The number of hydrogen-bond acceptors (Lipinski definition) is 4. The molecule has 0 aliphatic rings. The van der Waals surface area contributed by atoms with Crippen LogP contribution in [-0.2, 0) is 42.2 Å². The summed E-state index contributed by atoms with van der Waals surface area (Å²) in [5, 5.41) is 22.9. The molecular weight excluding hydrogens is 803 g/mol. The molecule has 350 valence electrons.